The van der Waals surface area contributed by atoms with E-state index in [2.05, 4.69) is 34.2 Å². The van der Waals surface area contributed by atoms with E-state index in [1.807, 2.05) is 42.5 Å². The van der Waals surface area contributed by atoms with Gasteiger partial charge in [0.05, 0.1) is 38.0 Å². The standard InChI is InChI=1S/C29H34N2O4/c1-34-23-18-25-24(11-6-12-27(25)30-19-23)28(32)14-13-22-15-17-31(20-26(22)29(33)35-2)16-7-10-21-8-4-3-5-9-21/h3-12,18-19,22,26,28,32H,13-17,20H2,1-2H3/t22-,26-,28-/m1/s1. The number of aliphatic hydroxyl groups is 1. The van der Waals surface area contributed by atoms with Gasteiger partial charge in [-0.2, -0.15) is 0 Å². The van der Waals surface area contributed by atoms with Crippen molar-refractivity contribution in [3.8, 4) is 5.75 Å². The van der Waals surface area contributed by atoms with Crippen LogP contribution in [-0.4, -0.2) is 54.8 Å². The second-order valence-electron chi connectivity index (χ2n) is 9.13. The zero-order valence-electron chi connectivity index (χ0n) is 20.5. The number of ether oxygens (including phenoxy) is 2. The molecule has 3 atom stereocenters. The summed E-state index contributed by atoms with van der Waals surface area (Å²) in [5.41, 5.74) is 2.83. The van der Waals surface area contributed by atoms with Crippen LogP contribution in [0.2, 0.25) is 0 Å². The van der Waals surface area contributed by atoms with Crippen LogP contribution in [0.3, 0.4) is 0 Å². The van der Waals surface area contributed by atoms with Gasteiger partial charge in [-0.15, -0.1) is 0 Å². The molecular formula is C29H34N2O4. The van der Waals surface area contributed by atoms with Crippen molar-refractivity contribution in [2.75, 3.05) is 33.9 Å². The number of rotatable bonds is 9. The van der Waals surface area contributed by atoms with Crippen molar-refractivity contribution < 1.29 is 19.4 Å². The average Bonchev–Trinajstić information content (AvgIpc) is 2.91. The van der Waals surface area contributed by atoms with Crippen LogP contribution in [0, 0.1) is 11.8 Å². The SMILES string of the molecule is COC(=O)[C@@H]1CN(CC=Cc2ccccc2)CC[C@H]1CC[C@@H](O)c1cccc2ncc(OC)cc12. The molecule has 1 saturated heterocycles. The summed E-state index contributed by atoms with van der Waals surface area (Å²) in [6, 6.07) is 17.9. The van der Waals surface area contributed by atoms with Crippen LogP contribution in [0.4, 0.5) is 0 Å². The van der Waals surface area contributed by atoms with Crippen LogP contribution in [0.5, 0.6) is 5.75 Å². The second kappa shape index (κ2) is 12.0. The maximum absolute atomic E-state index is 12.6. The molecule has 1 fully saturated rings. The van der Waals surface area contributed by atoms with Crippen LogP contribution < -0.4 is 4.74 Å². The number of likely N-dealkylation sites (tertiary alicyclic amines) is 1. The maximum atomic E-state index is 12.6. The fraction of sp³-hybridized carbons (Fsp3) is 0.379. The summed E-state index contributed by atoms with van der Waals surface area (Å²) >= 11 is 0. The Hall–Kier alpha value is -3.22. The summed E-state index contributed by atoms with van der Waals surface area (Å²) < 4.78 is 10.5. The Morgan fingerprint density at radius 2 is 2.03 bits per heavy atom. The zero-order valence-corrected chi connectivity index (χ0v) is 20.5. The molecule has 0 aliphatic carbocycles. The quantitative estimate of drug-likeness (QED) is 0.446. The number of aliphatic hydroxyl groups excluding tert-OH is 1. The van der Waals surface area contributed by atoms with Crippen molar-refractivity contribution >= 4 is 22.9 Å². The van der Waals surface area contributed by atoms with E-state index in [-0.39, 0.29) is 17.8 Å². The third-order valence-electron chi connectivity index (χ3n) is 6.96. The highest BCUT2D eigenvalue weighted by molar-refractivity contribution is 5.83. The predicted octanol–water partition coefficient (Wildman–Crippen LogP) is 4.88. The average molecular weight is 475 g/mol. The molecule has 6 nitrogen and oxygen atoms in total. The van der Waals surface area contributed by atoms with Gasteiger partial charge < -0.3 is 14.6 Å². The van der Waals surface area contributed by atoms with Crippen LogP contribution in [0.1, 0.15) is 36.5 Å². The summed E-state index contributed by atoms with van der Waals surface area (Å²) in [4.78, 5) is 19.4. The topological polar surface area (TPSA) is 71.9 Å². The molecule has 0 spiro atoms. The molecule has 0 unspecified atom stereocenters. The first-order chi connectivity index (χ1) is 17.1. The van der Waals surface area contributed by atoms with Crippen molar-refractivity contribution in [2.24, 2.45) is 11.8 Å². The first kappa shape index (κ1) is 24.9. The molecule has 2 heterocycles. The Bertz CT molecular complexity index is 1150. The number of aromatic nitrogens is 1. The van der Waals surface area contributed by atoms with Gasteiger partial charge in [0.2, 0.25) is 0 Å². The first-order valence-electron chi connectivity index (χ1n) is 12.2. The highest BCUT2D eigenvalue weighted by Gasteiger charge is 2.35. The van der Waals surface area contributed by atoms with E-state index in [4.69, 9.17) is 9.47 Å². The number of fused-ring (bicyclic) bond motifs is 1. The normalized spacial score (nSPS) is 19.6. The predicted molar refractivity (Wildman–Crippen MR) is 138 cm³/mol. The van der Waals surface area contributed by atoms with Gasteiger partial charge in [0.25, 0.3) is 0 Å². The summed E-state index contributed by atoms with van der Waals surface area (Å²) in [5.74, 6) is 0.478. The number of benzene rings is 2. The minimum absolute atomic E-state index is 0.166. The highest BCUT2D eigenvalue weighted by Crippen LogP contribution is 2.34. The third kappa shape index (κ3) is 6.27. The molecule has 2 aromatic carbocycles. The molecule has 0 bridgehead atoms. The van der Waals surface area contributed by atoms with E-state index >= 15 is 0 Å². The van der Waals surface area contributed by atoms with E-state index in [0.717, 1.165) is 42.4 Å². The van der Waals surface area contributed by atoms with Crippen LogP contribution in [0.15, 0.2) is 66.9 Å². The minimum atomic E-state index is -0.641. The molecule has 184 valence electrons. The number of carbonyl (C=O) groups is 1. The Labute approximate surface area is 207 Å². The van der Waals surface area contributed by atoms with Gasteiger partial charge >= 0.3 is 5.97 Å². The smallest absolute Gasteiger partial charge is 0.310 e. The molecule has 1 aliphatic rings. The van der Waals surface area contributed by atoms with E-state index in [1.54, 1.807) is 13.3 Å². The molecule has 6 heteroatoms. The highest BCUT2D eigenvalue weighted by atomic mass is 16.5. The number of hydrogen-bond donors (Lipinski definition) is 1. The summed E-state index contributed by atoms with van der Waals surface area (Å²) in [7, 11) is 3.07. The van der Waals surface area contributed by atoms with E-state index in [9.17, 15) is 9.90 Å². The molecule has 4 rings (SSSR count). The molecule has 1 N–H and O–H groups in total. The maximum Gasteiger partial charge on any atom is 0.310 e. The lowest BCUT2D eigenvalue weighted by atomic mass is 9.81. The van der Waals surface area contributed by atoms with Gasteiger partial charge in [-0.1, -0.05) is 54.6 Å². The van der Waals surface area contributed by atoms with Crippen molar-refractivity contribution in [3.63, 3.8) is 0 Å². The van der Waals surface area contributed by atoms with E-state index in [1.165, 1.54) is 12.7 Å². The van der Waals surface area contributed by atoms with Gasteiger partial charge in [-0.05, 0) is 55.0 Å². The van der Waals surface area contributed by atoms with Crippen molar-refractivity contribution in [1.29, 1.82) is 0 Å². The zero-order chi connectivity index (χ0) is 24.6. The molecule has 0 radical (unpaired) electrons. The fourth-order valence-corrected chi connectivity index (χ4v) is 4.98. The Morgan fingerprint density at radius 3 is 2.80 bits per heavy atom. The number of methoxy groups -OCH3 is 2. The molecule has 35 heavy (non-hydrogen) atoms. The van der Waals surface area contributed by atoms with Gasteiger partial charge in [0, 0.05) is 18.5 Å². The van der Waals surface area contributed by atoms with Gasteiger partial charge in [-0.3, -0.25) is 14.7 Å². The van der Waals surface area contributed by atoms with Crippen molar-refractivity contribution in [1.82, 2.24) is 9.88 Å². The van der Waals surface area contributed by atoms with E-state index < -0.39 is 6.10 Å². The van der Waals surface area contributed by atoms with Gasteiger partial charge in [0.15, 0.2) is 0 Å². The number of esters is 1. The number of hydrogen-bond acceptors (Lipinski definition) is 6. The number of carbonyl (C=O) groups excluding carboxylic acids is 1. The fourth-order valence-electron chi connectivity index (χ4n) is 4.98. The van der Waals surface area contributed by atoms with Crippen LogP contribution in [0.25, 0.3) is 17.0 Å². The van der Waals surface area contributed by atoms with Gasteiger partial charge in [-0.25, -0.2) is 0 Å². The summed E-state index contributed by atoms with van der Waals surface area (Å²) in [6.07, 6.45) is 7.53. The minimum Gasteiger partial charge on any atom is -0.495 e. The Balaban J connectivity index is 1.39. The van der Waals surface area contributed by atoms with E-state index in [0.29, 0.717) is 18.7 Å². The van der Waals surface area contributed by atoms with Crippen LogP contribution >= 0.6 is 0 Å². The second-order valence-corrected chi connectivity index (χ2v) is 9.13. The Kier molecular flexibility index (Phi) is 8.50. The number of nitrogens with zero attached hydrogens (tertiary/aromatic N) is 2. The van der Waals surface area contributed by atoms with Crippen molar-refractivity contribution in [2.45, 2.75) is 25.4 Å². The van der Waals surface area contributed by atoms with Crippen LogP contribution in [-0.2, 0) is 9.53 Å². The molecule has 0 amide bonds. The largest absolute Gasteiger partial charge is 0.495 e. The molecule has 3 aromatic rings. The molecule has 1 aliphatic heterocycles. The number of piperidine rings is 1. The molecular weight excluding hydrogens is 440 g/mol. The number of pyridine rings is 1. The lowest BCUT2D eigenvalue weighted by Crippen LogP contribution is -2.44. The monoisotopic (exact) mass is 474 g/mol. The van der Waals surface area contributed by atoms with Gasteiger partial charge in [0.1, 0.15) is 5.75 Å². The lowest BCUT2D eigenvalue weighted by Gasteiger charge is -2.37. The lowest BCUT2D eigenvalue weighted by molar-refractivity contribution is -0.150. The molecule has 1 aromatic heterocycles. The molecule has 0 saturated carbocycles. The summed E-state index contributed by atoms with van der Waals surface area (Å²) in [5, 5.41) is 12.0. The third-order valence-corrected chi connectivity index (χ3v) is 6.96. The van der Waals surface area contributed by atoms with Crippen molar-refractivity contribution in [3.05, 3.63) is 78.0 Å². The Morgan fingerprint density at radius 1 is 1.20 bits per heavy atom. The summed E-state index contributed by atoms with van der Waals surface area (Å²) in [6.45, 7) is 2.38. The first-order valence-corrected chi connectivity index (χ1v) is 12.2.